The van der Waals surface area contributed by atoms with Gasteiger partial charge in [0.2, 0.25) is 0 Å². The second-order valence-electron chi connectivity index (χ2n) is 7.91. The van der Waals surface area contributed by atoms with Crippen molar-refractivity contribution in [3.63, 3.8) is 0 Å². The van der Waals surface area contributed by atoms with Crippen LogP contribution >= 0.6 is 0 Å². The molecule has 5 rings (SSSR count). The number of aromatic nitrogens is 1. The Kier molecular flexibility index (Phi) is 4.67. The van der Waals surface area contributed by atoms with Gasteiger partial charge >= 0.3 is 0 Å². The fourth-order valence-electron chi connectivity index (χ4n) is 4.54. The summed E-state index contributed by atoms with van der Waals surface area (Å²) in [4.78, 5) is 31.1. The molecule has 2 saturated heterocycles. The first kappa shape index (κ1) is 18.1. The number of pyridine rings is 1. The van der Waals surface area contributed by atoms with Crippen molar-refractivity contribution in [3.05, 3.63) is 59.9 Å². The highest BCUT2D eigenvalue weighted by molar-refractivity contribution is 5.93. The molecule has 0 unspecified atom stereocenters. The largest absolute Gasteiger partial charge is 0.480 e. The van der Waals surface area contributed by atoms with Crippen LogP contribution in [0.2, 0.25) is 0 Å². The van der Waals surface area contributed by atoms with Gasteiger partial charge in [0, 0.05) is 50.3 Å². The van der Waals surface area contributed by atoms with E-state index in [0.29, 0.717) is 38.2 Å². The van der Waals surface area contributed by atoms with Crippen molar-refractivity contribution in [2.75, 3.05) is 26.2 Å². The van der Waals surface area contributed by atoms with Crippen LogP contribution in [0.15, 0.2) is 48.8 Å². The number of amides is 2. The van der Waals surface area contributed by atoms with Crippen molar-refractivity contribution in [1.82, 2.24) is 15.2 Å². The van der Waals surface area contributed by atoms with E-state index in [1.54, 1.807) is 24.5 Å². The molecule has 4 atom stereocenters. The zero-order chi connectivity index (χ0) is 19.8. The van der Waals surface area contributed by atoms with E-state index in [2.05, 4.69) is 10.3 Å². The van der Waals surface area contributed by atoms with Gasteiger partial charge in [0.25, 0.3) is 11.8 Å². The summed E-state index contributed by atoms with van der Waals surface area (Å²) in [6, 6.07) is 11.3. The van der Waals surface area contributed by atoms with Gasteiger partial charge in [-0.25, -0.2) is 0 Å². The van der Waals surface area contributed by atoms with E-state index in [-0.39, 0.29) is 29.8 Å². The maximum atomic E-state index is 13.0. The lowest BCUT2D eigenvalue weighted by Gasteiger charge is -2.22. The summed E-state index contributed by atoms with van der Waals surface area (Å²) < 4.78 is 11.8. The number of carbonyl (C=O) groups is 2. The smallest absolute Gasteiger partial charge is 0.264 e. The van der Waals surface area contributed by atoms with Crippen LogP contribution in [-0.2, 0) is 16.0 Å². The summed E-state index contributed by atoms with van der Waals surface area (Å²) in [6.07, 6.45) is 3.40. The van der Waals surface area contributed by atoms with Crippen LogP contribution in [-0.4, -0.2) is 60.1 Å². The Hall–Kier alpha value is -2.93. The summed E-state index contributed by atoms with van der Waals surface area (Å²) in [5.41, 5.74) is 1.63. The number of nitrogens with zero attached hydrogens (tertiary/aromatic N) is 2. The van der Waals surface area contributed by atoms with Gasteiger partial charge in [0.15, 0.2) is 6.10 Å². The minimum atomic E-state index is -0.449. The highest BCUT2D eigenvalue weighted by atomic mass is 16.5. The lowest BCUT2D eigenvalue weighted by molar-refractivity contribution is -0.137. The molecule has 3 aliphatic heterocycles. The van der Waals surface area contributed by atoms with Crippen LogP contribution in [0.1, 0.15) is 15.9 Å². The molecule has 1 aromatic carbocycles. The Bertz CT molecular complexity index is 894. The number of carbonyl (C=O) groups excluding carboxylic acids is 2. The van der Waals surface area contributed by atoms with Gasteiger partial charge in [0.05, 0.1) is 18.3 Å². The van der Waals surface area contributed by atoms with Gasteiger partial charge < -0.3 is 19.7 Å². The lowest BCUT2D eigenvalue weighted by Crippen LogP contribution is -2.41. The average molecular weight is 393 g/mol. The Morgan fingerprint density at radius 3 is 2.90 bits per heavy atom. The first-order valence-electron chi connectivity index (χ1n) is 10.0. The Morgan fingerprint density at radius 2 is 2.07 bits per heavy atom. The number of nitrogens with one attached hydrogen (secondary N) is 1. The van der Waals surface area contributed by atoms with Gasteiger partial charge in [-0.2, -0.15) is 0 Å². The average Bonchev–Trinajstić information content (AvgIpc) is 3.46. The molecule has 29 heavy (non-hydrogen) atoms. The van der Waals surface area contributed by atoms with E-state index in [1.807, 2.05) is 29.2 Å². The highest BCUT2D eigenvalue weighted by Crippen LogP contribution is 2.35. The highest BCUT2D eigenvalue weighted by Gasteiger charge is 2.47. The molecule has 2 amide bonds. The van der Waals surface area contributed by atoms with Crippen LogP contribution in [0.5, 0.6) is 5.75 Å². The van der Waals surface area contributed by atoms with Crippen LogP contribution < -0.4 is 10.1 Å². The maximum Gasteiger partial charge on any atom is 0.264 e. The third kappa shape index (κ3) is 3.46. The van der Waals surface area contributed by atoms with Crippen molar-refractivity contribution in [1.29, 1.82) is 0 Å². The number of para-hydroxylation sites is 1. The summed E-state index contributed by atoms with van der Waals surface area (Å²) in [5.74, 6) is 1.12. The fraction of sp³-hybridized carbons (Fsp3) is 0.409. The number of rotatable bonds is 4. The first-order valence-corrected chi connectivity index (χ1v) is 10.0. The van der Waals surface area contributed by atoms with Gasteiger partial charge in [-0.15, -0.1) is 0 Å². The van der Waals surface area contributed by atoms with Gasteiger partial charge in [-0.05, 0) is 23.8 Å². The number of likely N-dealkylation sites (tertiary alicyclic amines) is 1. The van der Waals surface area contributed by atoms with Crippen molar-refractivity contribution in [2.45, 2.75) is 18.6 Å². The monoisotopic (exact) mass is 393 g/mol. The molecule has 3 aliphatic rings. The molecule has 7 heteroatoms. The Balaban J connectivity index is 1.17. The topological polar surface area (TPSA) is 80.8 Å². The summed E-state index contributed by atoms with van der Waals surface area (Å²) in [5, 5.41) is 2.98. The standard InChI is InChI=1S/C22H23N3O4/c26-21(15-5-3-7-23-9-15)24-10-16-13-28-20-12-25(11-17(16)20)22(27)19-8-14-4-1-2-6-18(14)29-19/h1-7,9,16-17,19-20H,8,10-13H2,(H,24,26)/t16-,17+,19-,20+/m0/s1. The predicted octanol–water partition coefficient (Wildman–Crippen LogP) is 1.29. The molecule has 2 aromatic rings. The maximum absolute atomic E-state index is 13.0. The van der Waals surface area contributed by atoms with Crippen molar-refractivity contribution in [2.24, 2.45) is 11.8 Å². The second kappa shape index (κ2) is 7.48. The molecule has 0 saturated carbocycles. The quantitative estimate of drug-likeness (QED) is 0.847. The van der Waals surface area contributed by atoms with E-state index >= 15 is 0 Å². The predicted molar refractivity (Wildman–Crippen MR) is 104 cm³/mol. The molecule has 4 heterocycles. The molecular weight excluding hydrogens is 370 g/mol. The summed E-state index contributed by atoms with van der Waals surface area (Å²) >= 11 is 0. The minimum absolute atomic E-state index is 0.0253. The number of ether oxygens (including phenoxy) is 2. The van der Waals surface area contributed by atoms with E-state index in [0.717, 1.165) is 11.3 Å². The second-order valence-corrected chi connectivity index (χ2v) is 7.91. The Morgan fingerprint density at radius 1 is 1.17 bits per heavy atom. The third-order valence-corrected chi connectivity index (χ3v) is 6.12. The third-order valence-electron chi connectivity index (χ3n) is 6.12. The zero-order valence-corrected chi connectivity index (χ0v) is 16.0. The molecule has 1 aromatic heterocycles. The number of hydrogen-bond donors (Lipinski definition) is 1. The van der Waals surface area contributed by atoms with Crippen LogP contribution in [0.4, 0.5) is 0 Å². The fourth-order valence-corrected chi connectivity index (χ4v) is 4.54. The number of hydrogen-bond acceptors (Lipinski definition) is 5. The van der Waals surface area contributed by atoms with Crippen molar-refractivity contribution < 1.29 is 19.1 Å². The minimum Gasteiger partial charge on any atom is -0.480 e. The molecule has 0 bridgehead atoms. The molecule has 0 spiro atoms. The van der Waals surface area contributed by atoms with E-state index in [4.69, 9.17) is 9.47 Å². The lowest BCUT2D eigenvalue weighted by atomic mass is 9.93. The van der Waals surface area contributed by atoms with E-state index in [9.17, 15) is 9.59 Å². The summed E-state index contributed by atoms with van der Waals surface area (Å²) in [6.45, 7) is 2.37. The zero-order valence-electron chi connectivity index (χ0n) is 16.0. The molecule has 7 nitrogen and oxygen atoms in total. The molecule has 0 aliphatic carbocycles. The van der Waals surface area contributed by atoms with Crippen LogP contribution in [0.3, 0.4) is 0 Å². The van der Waals surface area contributed by atoms with Gasteiger partial charge in [0.1, 0.15) is 5.75 Å². The van der Waals surface area contributed by atoms with Crippen LogP contribution in [0.25, 0.3) is 0 Å². The van der Waals surface area contributed by atoms with Gasteiger partial charge in [-0.3, -0.25) is 14.6 Å². The molecular formula is C22H23N3O4. The normalized spacial score (nSPS) is 27.2. The molecule has 0 radical (unpaired) electrons. The molecule has 2 fully saturated rings. The van der Waals surface area contributed by atoms with Gasteiger partial charge in [-0.1, -0.05) is 18.2 Å². The van der Waals surface area contributed by atoms with E-state index < -0.39 is 6.10 Å². The number of benzene rings is 1. The first-order chi connectivity index (χ1) is 14.2. The number of fused-ring (bicyclic) bond motifs is 2. The Labute approximate surface area is 169 Å². The van der Waals surface area contributed by atoms with Crippen molar-refractivity contribution >= 4 is 11.8 Å². The van der Waals surface area contributed by atoms with Crippen LogP contribution in [0, 0.1) is 11.8 Å². The molecule has 1 N–H and O–H groups in total. The molecule has 150 valence electrons. The summed E-state index contributed by atoms with van der Waals surface area (Å²) in [7, 11) is 0. The van der Waals surface area contributed by atoms with E-state index in [1.165, 1.54) is 0 Å². The van der Waals surface area contributed by atoms with Crippen molar-refractivity contribution in [3.8, 4) is 5.75 Å². The SMILES string of the molecule is O=C(NC[C@H]1CO[C@@H]2CN(C(=O)[C@@H]3Cc4ccccc4O3)C[C@H]12)c1cccnc1.